The molecule has 58 heavy (non-hydrogen) atoms. The number of carbonyl (C=O) groups is 4. The topological polar surface area (TPSA) is 148 Å². The SMILES string of the molecule is C=CC(=O)OCCCCOc1ccc(C(=O)Oc2ccc(C(CC)=NN=C(CC)c3ccc(OC(=O)c4ccc(OCCCCOC(=O)C=C)cc4)cc3)cc2)cc1. The lowest BCUT2D eigenvalue weighted by atomic mass is 10.1. The summed E-state index contributed by atoms with van der Waals surface area (Å²) in [6.45, 7) is 12.2. The van der Waals surface area contributed by atoms with Crippen molar-refractivity contribution in [1.82, 2.24) is 0 Å². The van der Waals surface area contributed by atoms with Gasteiger partial charge in [-0.05, 0) is 147 Å². The van der Waals surface area contributed by atoms with Crippen LogP contribution in [-0.4, -0.2) is 61.7 Å². The van der Waals surface area contributed by atoms with E-state index in [1.165, 1.54) is 0 Å². The number of unbranched alkanes of at least 4 members (excludes halogenated alkanes) is 2. The van der Waals surface area contributed by atoms with Gasteiger partial charge in [0, 0.05) is 12.2 Å². The molecule has 0 aromatic heterocycles. The van der Waals surface area contributed by atoms with Gasteiger partial charge in [-0.2, -0.15) is 10.2 Å². The number of esters is 4. The maximum atomic E-state index is 12.8. The van der Waals surface area contributed by atoms with Crippen molar-refractivity contribution in [1.29, 1.82) is 0 Å². The molecular formula is C46H48N2O10. The molecule has 0 unspecified atom stereocenters. The summed E-state index contributed by atoms with van der Waals surface area (Å²) in [6.07, 6.45) is 6.23. The third-order valence-corrected chi connectivity index (χ3v) is 8.37. The van der Waals surface area contributed by atoms with Crippen LogP contribution in [0.5, 0.6) is 23.0 Å². The van der Waals surface area contributed by atoms with Crippen LogP contribution in [-0.2, 0) is 19.1 Å². The summed E-state index contributed by atoms with van der Waals surface area (Å²) in [7, 11) is 0. The van der Waals surface area contributed by atoms with E-state index < -0.39 is 23.9 Å². The van der Waals surface area contributed by atoms with Crippen LogP contribution in [0.4, 0.5) is 0 Å². The van der Waals surface area contributed by atoms with Gasteiger partial charge in [0.2, 0.25) is 0 Å². The molecule has 0 aliphatic carbocycles. The van der Waals surface area contributed by atoms with Crippen molar-refractivity contribution in [2.45, 2.75) is 52.4 Å². The van der Waals surface area contributed by atoms with Gasteiger partial charge in [-0.1, -0.05) is 27.0 Å². The van der Waals surface area contributed by atoms with Crippen molar-refractivity contribution in [3.05, 3.63) is 145 Å². The standard InChI is InChI=1S/C46H48N2O10/c1-5-41(33-13-25-39(26-14-33)57-45(51)35-17-21-37(22-18-35)53-29-9-11-31-55-43(49)7-3)47-48-42(6-2)34-15-27-40(28-16-34)58-46(52)36-19-23-38(24-20-36)54-30-10-12-32-56-44(50)8-4/h7-8,13-28H,3-6,9-12,29-32H2,1-2H3. The maximum Gasteiger partial charge on any atom is 0.343 e. The highest BCUT2D eigenvalue weighted by Crippen LogP contribution is 2.20. The first-order chi connectivity index (χ1) is 28.2. The Morgan fingerprint density at radius 1 is 0.466 bits per heavy atom. The van der Waals surface area contributed by atoms with E-state index in [-0.39, 0.29) is 0 Å². The molecule has 0 N–H and O–H groups in total. The Hall–Kier alpha value is -6.82. The van der Waals surface area contributed by atoms with E-state index in [4.69, 9.17) is 28.4 Å². The van der Waals surface area contributed by atoms with Gasteiger partial charge in [0.05, 0.1) is 49.0 Å². The average Bonchev–Trinajstić information content (AvgIpc) is 3.25. The number of rotatable bonds is 23. The summed E-state index contributed by atoms with van der Waals surface area (Å²) < 4.78 is 32.4. The highest BCUT2D eigenvalue weighted by atomic mass is 16.5. The van der Waals surface area contributed by atoms with Crippen molar-refractivity contribution >= 4 is 35.3 Å². The number of nitrogens with zero attached hydrogens (tertiary/aromatic N) is 2. The second kappa shape index (κ2) is 24.0. The van der Waals surface area contributed by atoms with Gasteiger partial charge in [0.15, 0.2) is 0 Å². The van der Waals surface area contributed by atoms with E-state index >= 15 is 0 Å². The number of hydrogen-bond acceptors (Lipinski definition) is 12. The van der Waals surface area contributed by atoms with E-state index in [0.717, 1.165) is 34.7 Å². The molecule has 0 amide bonds. The summed E-state index contributed by atoms with van der Waals surface area (Å²) in [5.41, 5.74) is 3.95. The van der Waals surface area contributed by atoms with E-state index in [9.17, 15) is 19.2 Å². The molecule has 0 heterocycles. The number of benzene rings is 4. The zero-order valence-electron chi connectivity index (χ0n) is 32.9. The lowest BCUT2D eigenvalue weighted by molar-refractivity contribution is -0.138. The Kier molecular flexibility index (Phi) is 18.1. The van der Waals surface area contributed by atoms with E-state index in [0.29, 0.717) is 99.1 Å². The van der Waals surface area contributed by atoms with Gasteiger partial charge in [-0.25, -0.2) is 19.2 Å². The van der Waals surface area contributed by atoms with E-state index in [2.05, 4.69) is 23.4 Å². The Morgan fingerprint density at radius 2 is 0.776 bits per heavy atom. The molecule has 0 aliphatic rings. The van der Waals surface area contributed by atoms with Crippen LogP contribution < -0.4 is 18.9 Å². The van der Waals surface area contributed by atoms with Crippen LogP contribution in [0.25, 0.3) is 0 Å². The number of carbonyl (C=O) groups excluding carboxylic acids is 4. The Bertz CT molecular complexity index is 1890. The molecule has 4 aromatic carbocycles. The summed E-state index contributed by atoms with van der Waals surface area (Å²) in [6, 6.07) is 27.6. The third-order valence-electron chi connectivity index (χ3n) is 8.37. The normalized spacial score (nSPS) is 11.2. The van der Waals surface area contributed by atoms with Crippen molar-refractivity contribution in [2.75, 3.05) is 26.4 Å². The van der Waals surface area contributed by atoms with Gasteiger partial charge >= 0.3 is 23.9 Å². The molecule has 4 rings (SSSR count). The monoisotopic (exact) mass is 788 g/mol. The van der Waals surface area contributed by atoms with Crippen LogP contribution in [0.15, 0.2) is 133 Å². The quantitative estimate of drug-likeness (QED) is 0.0178. The highest BCUT2D eigenvalue weighted by Gasteiger charge is 2.12. The van der Waals surface area contributed by atoms with Crippen LogP contribution in [0, 0.1) is 0 Å². The largest absolute Gasteiger partial charge is 0.494 e. The van der Waals surface area contributed by atoms with Crippen LogP contribution in [0.3, 0.4) is 0 Å². The van der Waals surface area contributed by atoms with E-state index in [1.807, 2.05) is 38.1 Å². The molecule has 0 bridgehead atoms. The molecule has 4 aromatic rings. The number of hydrogen-bond donors (Lipinski definition) is 0. The van der Waals surface area contributed by atoms with E-state index in [1.54, 1.807) is 72.8 Å². The molecule has 0 saturated carbocycles. The summed E-state index contributed by atoms with van der Waals surface area (Å²) >= 11 is 0. The first kappa shape index (κ1) is 43.9. The second-order valence-electron chi connectivity index (χ2n) is 12.5. The molecule has 0 atom stereocenters. The van der Waals surface area contributed by atoms with Crippen molar-refractivity contribution in [3.63, 3.8) is 0 Å². The molecule has 0 aliphatic heterocycles. The van der Waals surface area contributed by atoms with Crippen LogP contribution in [0.1, 0.15) is 84.2 Å². The fourth-order valence-corrected chi connectivity index (χ4v) is 5.17. The Balaban J connectivity index is 1.25. The first-order valence-electron chi connectivity index (χ1n) is 19.1. The molecule has 0 radical (unpaired) electrons. The van der Waals surface area contributed by atoms with Crippen molar-refractivity contribution < 1.29 is 47.6 Å². The molecule has 0 fully saturated rings. The van der Waals surface area contributed by atoms with Gasteiger partial charge in [-0.3, -0.25) is 0 Å². The Labute approximate surface area is 338 Å². The van der Waals surface area contributed by atoms with Crippen LogP contribution in [0.2, 0.25) is 0 Å². The zero-order chi connectivity index (χ0) is 41.5. The second-order valence-corrected chi connectivity index (χ2v) is 12.5. The van der Waals surface area contributed by atoms with Gasteiger partial charge in [0.25, 0.3) is 0 Å². The smallest absolute Gasteiger partial charge is 0.343 e. The molecule has 0 saturated heterocycles. The Morgan fingerprint density at radius 3 is 1.10 bits per heavy atom. The first-order valence-corrected chi connectivity index (χ1v) is 19.1. The molecular weight excluding hydrogens is 741 g/mol. The molecule has 0 spiro atoms. The molecule has 302 valence electrons. The molecule has 12 heteroatoms. The third kappa shape index (κ3) is 14.7. The average molecular weight is 789 g/mol. The number of ether oxygens (including phenoxy) is 6. The minimum absolute atomic E-state index is 0.304. The lowest BCUT2D eigenvalue weighted by Crippen LogP contribution is -2.09. The molecule has 12 nitrogen and oxygen atoms in total. The fourth-order valence-electron chi connectivity index (χ4n) is 5.17. The summed E-state index contributed by atoms with van der Waals surface area (Å²) in [5, 5.41) is 9.11. The van der Waals surface area contributed by atoms with Gasteiger partial charge in [0.1, 0.15) is 23.0 Å². The maximum absolute atomic E-state index is 12.8. The minimum atomic E-state index is -0.499. The summed E-state index contributed by atoms with van der Waals surface area (Å²) in [5.74, 6) is 0.121. The summed E-state index contributed by atoms with van der Waals surface area (Å²) in [4.78, 5) is 47.7. The van der Waals surface area contributed by atoms with Crippen LogP contribution >= 0.6 is 0 Å². The zero-order valence-corrected chi connectivity index (χ0v) is 32.9. The van der Waals surface area contributed by atoms with Crippen molar-refractivity contribution in [2.24, 2.45) is 10.2 Å². The predicted molar refractivity (Wildman–Crippen MR) is 221 cm³/mol. The van der Waals surface area contributed by atoms with Crippen molar-refractivity contribution in [3.8, 4) is 23.0 Å². The predicted octanol–water partition coefficient (Wildman–Crippen LogP) is 8.91. The fraction of sp³-hybridized carbons (Fsp3) is 0.261. The van der Waals surface area contributed by atoms with Gasteiger partial charge in [-0.15, -0.1) is 0 Å². The minimum Gasteiger partial charge on any atom is -0.494 e. The lowest BCUT2D eigenvalue weighted by Gasteiger charge is -2.09. The highest BCUT2D eigenvalue weighted by molar-refractivity contribution is 6.03. The van der Waals surface area contributed by atoms with Gasteiger partial charge < -0.3 is 28.4 Å².